The van der Waals surface area contributed by atoms with Gasteiger partial charge in [0.15, 0.2) is 11.6 Å². The van der Waals surface area contributed by atoms with Gasteiger partial charge in [-0.05, 0) is 35.9 Å². The summed E-state index contributed by atoms with van der Waals surface area (Å²) in [4.78, 5) is 15.6. The second kappa shape index (κ2) is 10.7. The predicted molar refractivity (Wildman–Crippen MR) is 205 cm³/mol. The Hall–Kier alpha value is -7.05. The molecule has 0 aliphatic rings. The highest BCUT2D eigenvalue weighted by Crippen LogP contribution is 2.44. The third-order valence-corrected chi connectivity index (χ3v) is 9.89. The first-order valence-corrected chi connectivity index (χ1v) is 17.0. The highest BCUT2D eigenvalue weighted by Gasteiger charge is 2.23. The van der Waals surface area contributed by atoms with Gasteiger partial charge in [0, 0.05) is 49.0 Å². The Morgan fingerprint density at radius 3 is 1.69 bits per heavy atom. The summed E-state index contributed by atoms with van der Waals surface area (Å²) in [6, 6.07) is 53.7. The third-order valence-electron chi connectivity index (χ3n) is 9.89. The van der Waals surface area contributed by atoms with Crippen molar-refractivity contribution < 1.29 is 8.83 Å². The largest absolute Gasteiger partial charge is 0.456 e. The van der Waals surface area contributed by atoms with Crippen LogP contribution < -0.4 is 0 Å². The quantitative estimate of drug-likeness (QED) is 0.189. The molecule has 4 aromatic heterocycles. The Bertz CT molecular complexity index is 3100. The molecule has 0 amide bonds. The second-order valence-corrected chi connectivity index (χ2v) is 12.8. The molecule has 51 heavy (non-hydrogen) atoms. The second-order valence-electron chi connectivity index (χ2n) is 12.8. The number of nitrogens with zero attached hydrogens (tertiary/aromatic N) is 4. The zero-order valence-electron chi connectivity index (χ0n) is 27.1. The van der Waals surface area contributed by atoms with Gasteiger partial charge in [-0.3, -0.25) is 4.57 Å². The molecule has 0 aliphatic carbocycles. The van der Waals surface area contributed by atoms with E-state index in [0.29, 0.717) is 17.6 Å². The van der Waals surface area contributed by atoms with Crippen LogP contribution in [0, 0.1) is 0 Å². The molecule has 0 fully saturated rings. The standard InChI is InChI=1S/C45H26N4O2/c1-2-13-27(14-3-1)43-46-44(48-45(47-43)49-35-22-7-4-15-28(35)29-16-5-8-23-36(29)49)34-21-12-26-39-41(34)40-31(18-11-25-38(40)50-39)33-20-10-19-32-30-17-6-9-24-37(30)51-42(32)33/h1-26H. The maximum absolute atomic E-state index is 6.57. The van der Waals surface area contributed by atoms with Gasteiger partial charge >= 0.3 is 0 Å². The summed E-state index contributed by atoms with van der Waals surface area (Å²) in [7, 11) is 0. The number of hydrogen-bond donors (Lipinski definition) is 0. The van der Waals surface area contributed by atoms with E-state index in [4.69, 9.17) is 23.8 Å². The molecule has 0 unspecified atom stereocenters. The molecule has 0 saturated carbocycles. The molecule has 238 valence electrons. The van der Waals surface area contributed by atoms with Crippen molar-refractivity contribution in [2.75, 3.05) is 0 Å². The molecule has 0 bridgehead atoms. The van der Waals surface area contributed by atoms with Gasteiger partial charge in [0.2, 0.25) is 5.95 Å². The SMILES string of the molecule is c1ccc(-c2nc(-c3cccc4oc5cccc(-c6cccc7c6oc6ccccc67)c5c34)nc(-n3c4ccccc4c4ccccc43)n2)cc1. The van der Waals surface area contributed by atoms with Crippen LogP contribution in [0.3, 0.4) is 0 Å². The normalized spacial score (nSPS) is 11.9. The molecule has 4 heterocycles. The van der Waals surface area contributed by atoms with Crippen LogP contribution in [0.5, 0.6) is 0 Å². The van der Waals surface area contributed by atoms with Gasteiger partial charge in [-0.2, -0.15) is 9.97 Å². The van der Waals surface area contributed by atoms with Crippen LogP contribution in [-0.2, 0) is 0 Å². The Kier molecular flexibility index (Phi) is 5.86. The van der Waals surface area contributed by atoms with Crippen LogP contribution in [0.25, 0.3) is 106 Å². The molecule has 0 radical (unpaired) electrons. The van der Waals surface area contributed by atoms with E-state index >= 15 is 0 Å². The molecular weight excluding hydrogens is 629 g/mol. The summed E-state index contributed by atoms with van der Waals surface area (Å²) < 4.78 is 15.2. The number of benzene rings is 7. The maximum atomic E-state index is 6.57. The van der Waals surface area contributed by atoms with E-state index in [2.05, 4.69) is 89.5 Å². The summed E-state index contributed by atoms with van der Waals surface area (Å²) in [5, 5.41) is 6.38. The number of hydrogen-bond acceptors (Lipinski definition) is 5. The maximum Gasteiger partial charge on any atom is 0.238 e. The highest BCUT2D eigenvalue weighted by atomic mass is 16.3. The summed E-state index contributed by atoms with van der Waals surface area (Å²) in [5.74, 6) is 1.70. The van der Waals surface area contributed by atoms with E-state index in [-0.39, 0.29) is 0 Å². The van der Waals surface area contributed by atoms with Crippen molar-refractivity contribution in [3.63, 3.8) is 0 Å². The van der Waals surface area contributed by atoms with Crippen molar-refractivity contribution in [3.8, 4) is 39.9 Å². The lowest BCUT2D eigenvalue weighted by atomic mass is 9.96. The van der Waals surface area contributed by atoms with Crippen molar-refractivity contribution in [2.24, 2.45) is 0 Å². The zero-order valence-corrected chi connectivity index (χ0v) is 27.1. The average Bonchev–Trinajstić information content (AvgIpc) is 3.88. The van der Waals surface area contributed by atoms with Gasteiger partial charge in [0.1, 0.15) is 22.3 Å². The van der Waals surface area contributed by atoms with Crippen LogP contribution in [0.1, 0.15) is 0 Å². The van der Waals surface area contributed by atoms with Crippen molar-refractivity contribution in [1.82, 2.24) is 19.5 Å². The Morgan fingerprint density at radius 1 is 0.373 bits per heavy atom. The monoisotopic (exact) mass is 654 g/mol. The van der Waals surface area contributed by atoms with E-state index < -0.39 is 0 Å². The van der Waals surface area contributed by atoms with Crippen LogP contribution in [0.4, 0.5) is 0 Å². The third kappa shape index (κ3) is 4.14. The Labute approximate surface area is 290 Å². The van der Waals surface area contributed by atoms with Crippen LogP contribution in [-0.4, -0.2) is 19.5 Å². The fourth-order valence-electron chi connectivity index (χ4n) is 7.68. The van der Waals surface area contributed by atoms with E-state index in [1.807, 2.05) is 72.8 Å². The molecule has 11 rings (SSSR count). The van der Waals surface area contributed by atoms with Crippen LogP contribution in [0.15, 0.2) is 167 Å². The van der Waals surface area contributed by atoms with E-state index in [1.54, 1.807) is 0 Å². The van der Waals surface area contributed by atoms with Gasteiger partial charge in [-0.25, -0.2) is 4.98 Å². The smallest absolute Gasteiger partial charge is 0.238 e. The molecule has 0 saturated heterocycles. The molecule has 0 atom stereocenters. The lowest BCUT2D eigenvalue weighted by Gasteiger charge is -2.12. The van der Waals surface area contributed by atoms with Crippen molar-refractivity contribution >= 4 is 65.7 Å². The van der Waals surface area contributed by atoms with Gasteiger partial charge < -0.3 is 8.83 Å². The minimum atomic E-state index is 0.549. The highest BCUT2D eigenvalue weighted by molar-refractivity contribution is 6.20. The van der Waals surface area contributed by atoms with Crippen molar-refractivity contribution in [1.29, 1.82) is 0 Å². The van der Waals surface area contributed by atoms with E-state index in [1.165, 1.54) is 0 Å². The van der Waals surface area contributed by atoms with Gasteiger partial charge in [0.05, 0.1) is 11.0 Å². The number of furan rings is 2. The van der Waals surface area contributed by atoms with Gasteiger partial charge in [0.25, 0.3) is 0 Å². The first-order valence-electron chi connectivity index (χ1n) is 17.0. The molecule has 6 nitrogen and oxygen atoms in total. The first kappa shape index (κ1) is 27.9. The topological polar surface area (TPSA) is 69.9 Å². The molecule has 7 aromatic carbocycles. The molecular formula is C45H26N4O2. The minimum absolute atomic E-state index is 0.549. The number of aromatic nitrogens is 4. The zero-order chi connectivity index (χ0) is 33.5. The Balaban J connectivity index is 1.22. The van der Waals surface area contributed by atoms with Crippen LogP contribution >= 0.6 is 0 Å². The molecule has 0 aliphatic heterocycles. The summed E-state index contributed by atoms with van der Waals surface area (Å²) in [5.41, 5.74) is 9.09. The molecule has 0 spiro atoms. The molecule has 0 N–H and O–H groups in total. The van der Waals surface area contributed by atoms with Crippen molar-refractivity contribution in [2.45, 2.75) is 0 Å². The summed E-state index contributed by atoms with van der Waals surface area (Å²) in [6.45, 7) is 0. The van der Waals surface area contributed by atoms with E-state index in [0.717, 1.165) is 87.9 Å². The number of rotatable bonds is 4. The number of para-hydroxylation sites is 4. The summed E-state index contributed by atoms with van der Waals surface area (Å²) >= 11 is 0. The first-order chi connectivity index (χ1) is 25.3. The van der Waals surface area contributed by atoms with Crippen molar-refractivity contribution in [3.05, 3.63) is 158 Å². The predicted octanol–water partition coefficient (Wildman–Crippen LogP) is 11.8. The molecule has 11 aromatic rings. The summed E-state index contributed by atoms with van der Waals surface area (Å²) in [6.07, 6.45) is 0. The minimum Gasteiger partial charge on any atom is -0.456 e. The fourth-order valence-corrected chi connectivity index (χ4v) is 7.68. The van der Waals surface area contributed by atoms with E-state index in [9.17, 15) is 0 Å². The van der Waals surface area contributed by atoms with Gasteiger partial charge in [-0.15, -0.1) is 0 Å². The lowest BCUT2D eigenvalue weighted by Crippen LogP contribution is -2.06. The number of fused-ring (bicyclic) bond motifs is 9. The van der Waals surface area contributed by atoms with Crippen LogP contribution in [0.2, 0.25) is 0 Å². The van der Waals surface area contributed by atoms with Gasteiger partial charge in [-0.1, -0.05) is 127 Å². The average molecular weight is 655 g/mol. The lowest BCUT2D eigenvalue weighted by molar-refractivity contribution is 0.668. The molecule has 6 heteroatoms. The Morgan fingerprint density at radius 2 is 0.922 bits per heavy atom. The fraction of sp³-hybridized carbons (Fsp3) is 0.